The SMILES string of the molecule is C/C(=C/C(=O)OCc1ccccc1)C(F)(F)F. The lowest BCUT2D eigenvalue weighted by molar-refractivity contribution is -0.140. The van der Waals surface area contributed by atoms with Gasteiger partial charge >= 0.3 is 12.1 Å². The van der Waals surface area contributed by atoms with Gasteiger partial charge in [-0.2, -0.15) is 13.2 Å². The van der Waals surface area contributed by atoms with E-state index >= 15 is 0 Å². The molecule has 17 heavy (non-hydrogen) atoms. The Kier molecular flexibility index (Phi) is 4.31. The van der Waals surface area contributed by atoms with Crippen molar-refractivity contribution in [3.05, 3.63) is 47.5 Å². The number of halogens is 3. The van der Waals surface area contributed by atoms with Crippen LogP contribution in [0.5, 0.6) is 0 Å². The van der Waals surface area contributed by atoms with Crippen molar-refractivity contribution in [3.63, 3.8) is 0 Å². The van der Waals surface area contributed by atoms with Crippen LogP contribution in [0.2, 0.25) is 0 Å². The molecule has 0 saturated heterocycles. The van der Waals surface area contributed by atoms with Gasteiger partial charge in [0.2, 0.25) is 0 Å². The van der Waals surface area contributed by atoms with Gasteiger partial charge in [-0.05, 0) is 12.5 Å². The van der Waals surface area contributed by atoms with E-state index in [0.717, 1.165) is 12.5 Å². The third-order valence-electron chi connectivity index (χ3n) is 2.01. The minimum atomic E-state index is -4.49. The Morgan fingerprint density at radius 3 is 2.41 bits per heavy atom. The summed E-state index contributed by atoms with van der Waals surface area (Å²) in [7, 11) is 0. The second kappa shape index (κ2) is 5.52. The van der Waals surface area contributed by atoms with Crippen LogP contribution in [0.15, 0.2) is 42.0 Å². The molecular weight excluding hydrogens is 233 g/mol. The van der Waals surface area contributed by atoms with Gasteiger partial charge in [0.1, 0.15) is 6.61 Å². The zero-order valence-corrected chi connectivity index (χ0v) is 9.12. The van der Waals surface area contributed by atoms with E-state index < -0.39 is 17.7 Å². The highest BCUT2D eigenvalue weighted by Gasteiger charge is 2.30. The summed E-state index contributed by atoms with van der Waals surface area (Å²) in [6.07, 6.45) is -4.05. The largest absolute Gasteiger partial charge is 0.458 e. The number of hydrogen-bond acceptors (Lipinski definition) is 2. The first-order valence-corrected chi connectivity index (χ1v) is 4.86. The van der Waals surface area contributed by atoms with Gasteiger partial charge in [-0.15, -0.1) is 0 Å². The molecule has 0 aliphatic carbocycles. The molecule has 0 radical (unpaired) electrons. The fourth-order valence-corrected chi connectivity index (χ4v) is 1.03. The highest BCUT2D eigenvalue weighted by molar-refractivity contribution is 5.82. The Hall–Kier alpha value is -1.78. The summed E-state index contributed by atoms with van der Waals surface area (Å²) in [5, 5.41) is 0. The quantitative estimate of drug-likeness (QED) is 0.602. The number of allylic oxidation sites excluding steroid dienone is 1. The number of ether oxygens (including phenoxy) is 1. The summed E-state index contributed by atoms with van der Waals surface area (Å²) >= 11 is 0. The van der Waals surface area contributed by atoms with Crippen LogP contribution in [-0.4, -0.2) is 12.1 Å². The van der Waals surface area contributed by atoms with E-state index in [-0.39, 0.29) is 6.61 Å². The van der Waals surface area contributed by atoms with Gasteiger partial charge in [0.25, 0.3) is 0 Å². The van der Waals surface area contributed by atoms with E-state index in [1.54, 1.807) is 30.3 Å². The molecule has 0 atom stereocenters. The Morgan fingerprint density at radius 2 is 1.88 bits per heavy atom. The molecule has 0 aliphatic rings. The summed E-state index contributed by atoms with van der Waals surface area (Å²) in [6, 6.07) is 8.72. The fourth-order valence-electron chi connectivity index (χ4n) is 1.03. The maximum atomic E-state index is 12.1. The Bertz CT molecular complexity index is 408. The summed E-state index contributed by atoms with van der Waals surface area (Å²) < 4.78 is 41.0. The van der Waals surface area contributed by atoms with Gasteiger partial charge in [-0.1, -0.05) is 30.3 Å². The van der Waals surface area contributed by atoms with Crippen LogP contribution < -0.4 is 0 Å². The fraction of sp³-hybridized carbons (Fsp3) is 0.250. The average molecular weight is 244 g/mol. The van der Waals surface area contributed by atoms with Gasteiger partial charge < -0.3 is 4.74 Å². The van der Waals surface area contributed by atoms with Gasteiger partial charge in [-0.3, -0.25) is 0 Å². The van der Waals surface area contributed by atoms with Gasteiger partial charge in [0, 0.05) is 11.6 Å². The van der Waals surface area contributed by atoms with E-state index in [9.17, 15) is 18.0 Å². The van der Waals surface area contributed by atoms with Crippen molar-refractivity contribution in [1.82, 2.24) is 0 Å². The molecule has 1 aromatic rings. The molecule has 0 unspecified atom stereocenters. The predicted molar refractivity (Wildman–Crippen MR) is 56.1 cm³/mol. The monoisotopic (exact) mass is 244 g/mol. The highest BCUT2D eigenvalue weighted by Crippen LogP contribution is 2.24. The zero-order chi connectivity index (χ0) is 12.9. The van der Waals surface area contributed by atoms with Crippen molar-refractivity contribution >= 4 is 5.97 Å². The number of hydrogen-bond donors (Lipinski definition) is 0. The number of alkyl halides is 3. The topological polar surface area (TPSA) is 26.3 Å². The number of carbonyl (C=O) groups excluding carboxylic acids is 1. The second-order valence-electron chi connectivity index (χ2n) is 3.42. The molecule has 0 N–H and O–H groups in total. The molecule has 2 nitrogen and oxygen atoms in total. The Morgan fingerprint density at radius 1 is 1.29 bits per heavy atom. The minimum Gasteiger partial charge on any atom is -0.458 e. The first kappa shape index (κ1) is 13.3. The Labute approximate surface area is 96.7 Å². The molecule has 0 bridgehead atoms. The maximum Gasteiger partial charge on any atom is 0.412 e. The van der Waals surface area contributed by atoms with E-state index in [1.807, 2.05) is 0 Å². The summed E-state index contributed by atoms with van der Waals surface area (Å²) in [5.41, 5.74) is -0.255. The molecular formula is C12H11F3O2. The van der Waals surface area contributed by atoms with Gasteiger partial charge in [-0.25, -0.2) is 4.79 Å². The average Bonchev–Trinajstić information content (AvgIpc) is 2.26. The van der Waals surface area contributed by atoms with Crippen LogP contribution in [0.25, 0.3) is 0 Å². The van der Waals surface area contributed by atoms with Crippen LogP contribution in [0.3, 0.4) is 0 Å². The molecule has 0 spiro atoms. The molecule has 5 heteroatoms. The summed E-state index contributed by atoms with van der Waals surface area (Å²) in [6.45, 7) is 0.783. The standard InChI is InChI=1S/C12H11F3O2/c1-9(12(13,14)15)7-11(16)17-8-10-5-3-2-4-6-10/h2-7H,8H2,1H3/b9-7-. The van der Waals surface area contributed by atoms with Crippen LogP contribution in [0.4, 0.5) is 13.2 Å². The molecule has 0 aromatic heterocycles. The van der Waals surface area contributed by atoms with Crippen LogP contribution in [0.1, 0.15) is 12.5 Å². The van der Waals surface area contributed by atoms with Crippen molar-refractivity contribution in [2.45, 2.75) is 19.7 Å². The predicted octanol–water partition coefficient (Wildman–Crippen LogP) is 3.24. The lowest BCUT2D eigenvalue weighted by atomic mass is 10.2. The first-order chi connectivity index (χ1) is 7.89. The van der Waals surface area contributed by atoms with E-state index in [2.05, 4.69) is 4.74 Å². The van der Waals surface area contributed by atoms with E-state index in [1.165, 1.54) is 0 Å². The van der Waals surface area contributed by atoms with Gasteiger partial charge in [0.05, 0.1) is 0 Å². The lowest BCUT2D eigenvalue weighted by Gasteiger charge is -2.06. The maximum absolute atomic E-state index is 12.1. The molecule has 1 rings (SSSR count). The van der Waals surface area contributed by atoms with Crippen LogP contribution in [0, 0.1) is 0 Å². The van der Waals surface area contributed by atoms with Crippen molar-refractivity contribution < 1.29 is 22.7 Å². The third-order valence-corrected chi connectivity index (χ3v) is 2.01. The summed E-state index contributed by atoms with van der Waals surface area (Å²) in [4.78, 5) is 11.1. The van der Waals surface area contributed by atoms with Crippen molar-refractivity contribution in [2.24, 2.45) is 0 Å². The van der Waals surface area contributed by atoms with Crippen molar-refractivity contribution in [2.75, 3.05) is 0 Å². The molecule has 0 amide bonds. The van der Waals surface area contributed by atoms with Crippen molar-refractivity contribution in [1.29, 1.82) is 0 Å². The minimum absolute atomic E-state index is 0.0404. The van der Waals surface area contributed by atoms with Gasteiger partial charge in [0.15, 0.2) is 0 Å². The molecule has 0 saturated carbocycles. The normalized spacial score (nSPS) is 12.4. The first-order valence-electron chi connectivity index (χ1n) is 4.86. The lowest BCUT2D eigenvalue weighted by Crippen LogP contribution is -2.12. The van der Waals surface area contributed by atoms with Crippen LogP contribution in [-0.2, 0) is 16.1 Å². The number of benzene rings is 1. The Balaban J connectivity index is 2.52. The molecule has 92 valence electrons. The smallest absolute Gasteiger partial charge is 0.412 e. The van der Waals surface area contributed by atoms with Crippen molar-refractivity contribution in [3.8, 4) is 0 Å². The van der Waals surface area contributed by atoms with E-state index in [0.29, 0.717) is 6.08 Å². The summed E-state index contributed by atoms with van der Waals surface area (Å²) in [5.74, 6) is -0.997. The molecule has 0 heterocycles. The number of esters is 1. The highest BCUT2D eigenvalue weighted by atomic mass is 19.4. The molecule has 0 aliphatic heterocycles. The second-order valence-corrected chi connectivity index (χ2v) is 3.42. The number of carbonyl (C=O) groups is 1. The molecule has 0 fully saturated rings. The molecule has 1 aromatic carbocycles. The third kappa shape index (κ3) is 4.72. The van der Waals surface area contributed by atoms with Crippen LogP contribution >= 0.6 is 0 Å². The zero-order valence-electron chi connectivity index (χ0n) is 9.12. The van der Waals surface area contributed by atoms with E-state index in [4.69, 9.17) is 0 Å². The number of rotatable bonds is 3.